The van der Waals surface area contributed by atoms with Crippen molar-refractivity contribution in [3.8, 4) is 0 Å². The maximum absolute atomic E-state index is 3.33. The molecule has 0 aliphatic carbocycles. The van der Waals surface area contributed by atoms with Crippen molar-refractivity contribution in [2.75, 3.05) is 0 Å². The maximum Gasteiger partial charge on any atom is 0.0781 e. The first kappa shape index (κ1) is 12.0. The molecule has 0 saturated heterocycles. The predicted molar refractivity (Wildman–Crippen MR) is 64.2 cm³/mol. The Balaban J connectivity index is 4.01. The number of allylic oxidation sites excluding steroid dienone is 1. The molecule has 0 bridgehead atoms. The van der Waals surface area contributed by atoms with Gasteiger partial charge >= 0.3 is 0 Å². The van der Waals surface area contributed by atoms with Crippen molar-refractivity contribution < 1.29 is 0 Å². The molecule has 0 atom stereocenters. The minimum atomic E-state index is -1.01. The van der Waals surface area contributed by atoms with Crippen LogP contribution in [0.4, 0.5) is 0 Å². The van der Waals surface area contributed by atoms with E-state index < -0.39 is 16.1 Å². The Bertz CT molecular complexity index is 185. The molecule has 70 valence electrons. The summed E-state index contributed by atoms with van der Waals surface area (Å²) in [6.45, 7) is 14.2. The molecule has 0 heterocycles. The minimum Gasteiger partial charge on any atom is -0.134 e. The SMILES string of the molecule is C[Si](C)(C)C=C=CC[Si](C)(C)C. The number of hydrogen-bond donors (Lipinski definition) is 0. The summed E-state index contributed by atoms with van der Waals surface area (Å²) in [7, 11) is -1.88. The van der Waals surface area contributed by atoms with E-state index in [0.29, 0.717) is 0 Å². The fourth-order valence-electron chi connectivity index (χ4n) is 0.674. The molecule has 0 aromatic rings. The first-order valence-electron chi connectivity index (χ1n) is 4.63. The molecule has 0 spiro atoms. The van der Waals surface area contributed by atoms with Crippen LogP contribution in [0.2, 0.25) is 45.3 Å². The third-order valence-corrected chi connectivity index (χ3v) is 3.81. The van der Waals surface area contributed by atoms with E-state index in [1.807, 2.05) is 0 Å². The molecule has 0 unspecified atom stereocenters. The summed E-state index contributed by atoms with van der Waals surface area (Å²) in [5.74, 6) is 0. The highest BCUT2D eigenvalue weighted by Gasteiger charge is 2.09. The highest BCUT2D eigenvalue weighted by molar-refractivity contribution is 6.81. The van der Waals surface area contributed by atoms with Gasteiger partial charge in [-0.2, -0.15) is 0 Å². The van der Waals surface area contributed by atoms with E-state index in [9.17, 15) is 0 Å². The van der Waals surface area contributed by atoms with E-state index in [0.717, 1.165) is 0 Å². The van der Waals surface area contributed by atoms with Crippen LogP contribution in [0, 0.1) is 0 Å². The summed E-state index contributed by atoms with van der Waals surface area (Å²) in [5.41, 5.74) is 5.61. The van der Waals surface area contributed by atoms with Crippen molar-refractivity contribution in [3.63, 3.8) is 0 Å². The van der Waals surface area contributed by atoms with Gasteiger partial charge in [0.25, 0.3) is 0 Å². The average Bonchev–Trinajstić information content (AvgIpc) is 1.76. The van der Waals surface area contributed by atoms with Crippen LogP contribution in [0.1, 0.15) is 0 Å². The van der Waals surface area contributed by atoms with E-state index in [4.69, 9.17) is 0 Å². The quantitative estimate of drug-likeness (QED) is 0.476. The van der Waals surface area contributed by atoms with Gasteiger partial charge in [-0.1, -0.05) is 45.0 Å². The van der Waals surface area contributed by atoms with Gasteiger partial charge in [0.2, 0.25) is 0 Å². The monoisotopic (exact) mass is 198 g/mol. The zero-order valence-electron chi connectivity index (χ0n) is 9.36. The van der Waals surface area contributed by atoms with Gasteiger partial charge in [-0.3, -0.25) is 0 Å². The van der Waals surface area contributed by atoms with Crippen LogP contribution in [0.5, 0.6) is 0 Å². The van der Waals surface area contributed by atoms with Crippen LogP contribution >= 0.6 is 0 Å². The van der Waals surface area contributed by atoms with E-state index in [1.165, 1.54) is 6.04 Å². The molecule has 0 rings (SSSR count). The van der Waals surface area contributed by atoms with Crippen molar-refractivity contribution in [3.05, 3.63) is 17.5 Å². The molecular formula is C10H22Si2. The van der Waals surface area contributed by atoms with Gasteiger partial charge < -0.3 is 0 Å². The molecular weight excluding hydrogens is 176 g/mol. The van der Waals surface area contributed by atoms with Crippen LogP contribution in [0.25, 0.3) is 0 Å². The predicted octanol–water partition coefficient (Wildman–Crippen LogP) is 3.91. The average molecular weight is 198 g/mol. The van der Waals surface area contributed by atoms with Crippen LogP contribution < -0.4 is 0 Å². The van der Waals surface area contributed by atoms with Crippen molar-refractivity contribution >= 4 is 16.1 Å². The third-order valence-electron chi connectivity index (χ3n) is 1.35. The fraction of sp³-hybridized carbons (Fsp3) is 0.700. The Morgan fingerprint density at radius 3 is 1.83 bits per heavy atom. The second-order valence-corrected chi connectivity index (χ2v) is 16.2. The van der Waals surface area contributed by atoms with Crippen LogP contribution in [-0.4, -0.2) is 16.1 Å². The lowest BCUT2D eigenvalue weighted by atomic mass is 10.7. The van der Waals surface area contributed by atoms with Gasteiger partial charge in [0.1, 0.15) is 0 Å². The second kappa shape index (κ2) is 4.26. The lowest BCUT2D eigenvalue weighted by Gasteiger charge is -2.10. The summed E-state index contributed by atoms with van der Waals surface area (Å²) < 4.78 is 0. The maximum atomic E-state index is 3.33. The Labute approximate surface area is 79.4 Å². The lowest BCUT2D eigenvalue weighted by molar-refractivity contribution is 1.52. The molecule has 0 radical (unpaired) electrons. The van der Waals surface area contributed by atoms with Crippen molar-refractivity contribution in [2.45, 2.75) is 45.3 Å². The van der Waals surface area contributed by atoms with Gasteiger partial charge in [0.15, 0.2) is 0 Å². The topological polar surface area (TPSA) is 0 Å². The molecule has 0 aromatic heterocycles. The smallest absolute Gasteiger partial charge is 0.0781 e. The van der Waals surface area contributed by atoms with Gasteiger partial charge in [-0.15, -0.1) is 5.73 Å². The van der Waals surface area contributed by atoms with Gasteiger partial charge in [-0.25, -0.2) is 0 Å². The van der Waals surface area contributed by atoms with Crippen molar-refractivity contribution in [1.82, 2.24) is 0 Å². The van der Waals surface area contributed by atoms with Crippen LogP contribution in [0.3, 0.4) is 0 Å². The normalized spacial score (nSPS) is 12.2. The Kier molecular flexibility index (Phi) is 4.25. The summed E-state index contributed by atoms with van der Waals surface area (Å²) in [6, 6.07) is 1.26. The zero-order chi connectivity index (χ0) is 9.83. The molecule has 0 saturated carbocycles. The standard InChI is InChI=1S/C10H22Si2/c1-11(2,3)9-7-8-10-12(4,5)6/h7,10H,9H2,1-6H3. The third kappa shape index (κ3) is 9.95. The van der Waals surface area contributed by atoms with Gasteiger partial charge in [0.05, 0.1) is 8.07 Å². The molecule has 12 heavy (non-hydrogen) atoms. The highest BCUT2D eigenvalue weighted by atomic mass is 28.3. The van der Waals surface area contributed by atoms with Gasteiger partial charge in [0, 0.05) is 8.07 Å². The van der Waals surface area contributed by atoms with E-state index in [1.54, 1.807) is 0 Å². The van der Waals surface area contributed by atoms with Crippen LogP contribution in [0.15, 0.2) is 17.5 Å². The Hall–Kier alpha value is -0.0462. The van der Waals surface area contributed by atoms with E-state index in [2.05, 4.69) is 56.8 Å². The first-order valence-corrected chi connectivity index (χ1v) is 11.9. The van der Waals surface area contributed by atoms with Crippen molar-refractivity contribution in [2.24, 2.45) is 0 Å². The summed E-state index contributed by atoms with van der Waals surface area (Å²) in [5, 5.41) is 0. The zero-order valence-corrected chi connectivity index (χ0v) is 11.4. The van der Waals surface area contributed by atoms with Gasteiger partial charge in [-0.05, 0) is 12.1 Å². The molecule has 0 N–H and O–H groups in total. The minimum absolute atomic E-state index is 0.876. The first-order chi connectivity index (χ1) is 5.21. The van der Waals surface area contributed by atoms with Crippen LogP contribution in [-0.2, 0) is 0 Å². The summed E-state index contributed by atoms with van der Waals surface area (Å²) in [6.07, 6.45) is 2.23. The molecule has 0 aliphatic rings. The summed E-state index contributed by atoms with van der Waals surface area (Å²) in [4.78, 5) is 0. The molecule has 2 heteroatoms. The van der Waals surface area contributed by atoms with E-state index in [-0.39, 0.29) is 0 Å². The number of hydrogen-bond acceptors (Lipinski definition) is 0. The molecule has 0 aromatic carbocycles. The Morgan fingerprint density at radius 1 is 1.00 bits per heavy atom. The summed E-state index contributed by atoms with van der Waals surface area (Å²) >= 11 is 0. The van der Waals surface area contributed by atoms with Crippen molar-refractivity contribution in [1.29, 1.82) is 0 Å². The second-order valence-electron chi connectivity index (χ2n) is 5.65. The Morgan fingerprint density at radius 2 is 1.50 bits per heavy atom. The fourth-order valence-corrected chi connectivity index (χ4v) is 2.02. The molecule has 0 aliphatic heterocycles. The largest absolute Gasteiger partial charge is 0.134 e. The lowest BCUT2D eigenvalue weighted by Crippen LogP contribution is -2.17. The van der Waals surface area contributed by atoms with E-state index >= 15 is 0 Å². The highest BCUT2D eigenvalue weighted by Crippen LogP contribution is 2.08. The molecule has 0 nitrogen and oxygen atoms in total. The molecule has 0 amide bonds. The number of rotatable bonds is 3. The molecule has 0 fully saturated rings.